The number of hydrogen-bond acceptors (Lipinski definition) is 2. The van der Waals surface area contributed by atoms with Crippen LogP contribution in [0, 0.1) is 5.41 Å². The molecule has 0 bridgehead atoms. The molecular formula is C11H20N2O2. The number of carboxylic acid groups (broad SMARTS) is 1. The van der Waals surface area contributed by atoms with Gasteiger partial charge in [0.15, 0.2) is 0 Å². The van der Waals surface area contributed by atoms with E-state index in [9.17, 15) is 9.90 Å². The van der Waals surface area contributed by atoms with Crippen LogP contribution >= 0.6 is 0 Å². The number of nitrogens with one attached hydrogen (secondary N) is 1. The number of hydrogen-bond donors (Lipinski definition) is 1. The highest BCUT2D eigenvalue weighted by atomic mass is 16.4. The van der Waals surface area contributed by atoms with E-state index in [-0.39, 0.29) is 0 Å². The standard InChI is InChI=1S/C7H14O2.C4H6N2/c1-4-5-7(2,3)6(8)9;1-6-3-2-5-4-6/h4-5H2,1-3H3,(H,8,9);2-4H,1H3. The molecule has 0 aliphatic rings. The molecule has 1 rings (SSSR count). The molecule has 0 saturated carbocycles. The number of rotatable bonds is 3. The average molecular weight is 212 g/mol. The van der Waals surface area contributed by atoms with Crippen molar-refractivity contribution >= 4 is 5.97 Å². The quantitative estimate of drug-likeness (QED) is 0.737. The van der Waals surface area contributed by atoms with Gasteiger partial charge in [-0.25, -0.2) is 4.57 Å². The molecule has 0 amide bonds. The van der Waals surface area contributed by atoms with Crippen molar-refractivity contribution in [1.29, 1.82) is 0 Å². The zero-order chi connectivity index (χ0) is 11.9. The lowest BCUT2D eigenvalue weighted by Gasteiger charge is -2.24. The lowest BCUT2D eigenvalue weighted by molar-refractivity contribution is -0.670. The van der Waals surface area contributed by atoms with Crippen molar-refractivity contribution in [2.45, 2.75) is 33.6 Å². The summed E-state index contributed by atoms with van der Waals surface area (Å²) in [7, 11) is 1.97. The maximum absolute atomic E-state index is 10.3. The largest absolute Gasteiger partial charge is 0.550 e. The zero-order valence-electron chi connectivity index (χ0n) is 9.91. The number of aromatic amines is 1. The molecule has 0 atom stereocenters. The number of aromatic nitrogens is 2. The van der Waals surface area contributed by atoms with Crippen LogP contribution in [0.2, 0.25) is 0 Å². The van der Waals surface area contributed by atoms with Crippen LogP contribution in [-0.2, 0) is 11.8 Å². The Morgan fingerprint density at radius 3 is 2.27 bits per heavy atom. The van der Waals surface area contributed by atoms with Crippen molar-refractivity contribution in [2.24, 2.45) is 12.5 Å². The summed E-state index contributed by atoms with van der Waals surface area (Å²) in [6, 6.07) is 0. The second-order valence-electron chi connectivity index (χ2n) is 4.20. The van der Waals surface area contributed by atoms with E-state index in [2.05, 4.69) is 4.98 Å². The summed E-state index contributed by atoms with van der Waals surface area (Å²) in [5.41, 5.74) is -0.644. The van der Waals surface area contributed by atoms with Crippen molar-refractivity contribution in [2.75, 3.05) is 0 Å². The predicted molar refractivity (Wildman–Crippen MR) is 55.7 cm³/mol. The van der Waals surface area contributed by atoms with Crippen LogP contribution in [0.1, 0.15) is 33.6 Å². The van der Waals surface area contributed by atoms with E-state index in [4.69, 9.17) is 0 Å². The highest BCUT2D eigenvalue weighted by Gasteiger charge is 2.16. The lowest BCUT2D eigenvalue weighted by atomic mass is 9.88. The highest BCUT2D eigenvalue weighted by Crippen LogP contribution is 2.20. The Morgan fingerprint density at radius 1 is 1.53 bits per heavy atom. The van der Waals surface area contributed by atoms with Crippen molar-refractivity contribution in [3.05, 3.63) is 18.7 Å². The second-order valence-corrected chi connectivity index (χ2v) is 4.20. The topological polar surface area (TPSA) is 59.8 Å². The Kier molecular flexibility index (Phi) is 5.67. The molecule has 1 aromatic rings. The van der Waals surface area contributed by atoms with Crippen LogP contribution in [-0.4, -0.2) is 11.0 Å². The molecule has 1 aromatic heterocycles. The predicted octanol–water partition coefficient (Wildman–Crippen LogP) is 0.402. The van der Waals surface area contributed by atoms with Gasteiger partial charge in [0.2, 0.25) is 6.33 Å². The number of aliphatic carboxylic acids is 1. The zero-order valence-corrected chi connectivity index (χ0v) is 9.91. The first-order valence-electron chi connectivity index (χ1n) is 5.09. The molecule has 0 aliphatic carbocycles. The van der Waals surface area contributed by atoms with E-state index in [1.54, 1.807) is 13.8 Å². The van der Waals surface area contributed by atoms with E-state index in [1.807, 2.05) is 37.3 Å². The molecule has 0 saturated heterocycles. The van der Waals surface area contributed by atoms with Gasteiger partial charge in [0.1, 0.15) is 12.4 Å². The molecule has 0 aliphatic heterocycles. The normalized spacial score (nSPS) is 10.4. The number of nitrogens with zero attached hydrogens (tertiary/aromatic N) is 1. The molecule has 4 heteroatoms. The molecule has 1 N–H and O–H groups in total. The van der Waals surface area contributed by atoms with Crippen LogP contribution in [0.25, 0.3) is 0 Å². The van der Waals surface area contributed by atoms with Crippen LogP contribution in [0.4, 0.5) is 0 Å². The van der Waals surface area contributed by atoms with Gasteiger partial charge >= 0.3 is 0 Å². The van der Waals surface area contributed by atoms with Crippen molar-refractivity contribution in [3.8, 4) is 0 Å². The summed E-state index contributed by atoms with van der Waals surface area (Å²) in [4.78, 5) is 13.2. The summed E-state index contributed by atoms with van der Waals surface area (Å²) < 4.78 is 1.94. The summed E-state index contributed by atoms with van der Waals surface area (Å²) in [6.45, 7) is 5.34. The number of carbonyl (C=O) groups excluding carboxylic acids is 1. The van der Waals surface area contributed by atoms with Gasteiger partial charge in [-0.3, -0.25) is 4.98 Å². The van der Waals surface area contributed by atoms with Gasteiger partial charge in [-0.05, 0) is 6.42 Å². The monoisotopic (exact) mass is 212 g/mol. The molecular weight excluding hydrogens is 192 g/mol. The first-order valence-corrected chi connectivity index (χ1v) is 5.09. The minimum Gasteiger partial charge on any atom is -0.550 e. The number of aryl methyl sites for hydroxylation is 1. The summed E-state index contributed by atoms with van der Waals surface area (Å²) in [5.74, 6) is -0.954. The van der Waals surface area contributed by atoms with E-state index < -0.39 is 11.4 Å². The third-order valence-corrected chi connectivity index (χ3v) is 2.11. The molecule has 0 unspecified atom stereocenters. The maximum atomic E-state index is 10.3. The number of carbonyl (C=O) groups is 1. The highest BCUT2D eigenvalue weighted by molar-refractivity contribution is 5.71. The minimum absolute atomic E-state index is 0.644. The molecule has 15 heavy (non-hydrogen) atoms. The molecule has 1 heterocycles. The van der Waals surface area contributed by atoms with E-state index in [1.165, 1.54) is 0 Å². The van der Waals surface area contributed by atoms with Crippen LogP contribution < -0.4 is 9.67 Å². The lowest BCUT2D eigenvalue weighted by Crippen LogP contribution is -2.37. The average Bonchev–Trinajstić information content (AvgIpc) is 2.56. The second kappa shape index (κ2) is 6.22. The maximum Gasteiger partial charge on any atom is 0.241 e. The Morgan fingerprint density at radius 2 is 2.13 bits per heavy atom. The third kappa shape index (κ3) is 5.88. The van der Waals surface area contributed by atoms with Crippen molar-refractivity contribution < 1.29 is 14.5 Å². The van der Waals surface area contributed by atoms with Gasteiger partial charge in [-0.15, -0.1) is 0 Å². The Balaban J connectivity index is 0.000000280. The number of carboxylic acids is 1. The van der Waals surface area contributed by atoms with Crippen LogP contribution in [0.3, 0.4) is 0 Å². The fourth-order valence-electron chi connectivity index (χ4n) is 1.09. The van der Waals surface area contributed by atoms with E-state index >= 15 is 0 Å². The smallest absolute Gasteiger partial charge is 0.241 e. The SMILES string of the molecule is CCCC(C)(C)C(=O)[O-].C[n+]1cc[nH]c1. The molecule has 0 aromatic carbocycles. The van der Waals surface area contributed by atoms with Crippen molar-refractivity contribution in [3.63, 3.8) is 0 Å². The van der Waals surface area contributed by atoms with Gasteiger partial charge in [0, 0.05) is 11.4 Å². The fourth-order valence-corrected chi connectivity index (χ4v) is 1.09. The first kappa shape index (κ1) is 13.7. The van der Waals surface area contributed by atoms with E-state index in [0.717, 1.165) is 6.42 Å². The van der Waals surface area contributed by atoms with Crippen LogP contribution in [0.5, 0.6) is 0 Å². The summed E-state index contributed by atoms with van der Waals surface area (Å²) in [6.07, 6.45) is 7.27. The number of H-pyrrole nitrogens is 1. The van der Waals surface area contributed by atoms with Crippen molar-refractivity contribution in [1.82, 2.24) is 4.98 Å². The third-order valence-electron chi connectivity index (χ3n) is 2.11. The molecule has 86 valence electrons. The first-order chi connectivity index (χ1) is 6.90. The Hall–Kier alpha value is -1.32. The molecule has 0 radical (unpaired) electrons. The van der Waals surface area contributed by atoms with Gasteiger partial charge in [-0.1, -0.05) is 27.2 Å². The summed E-state index contributed by atoms with van der Waals surface area (Å²) in [5, 5.41) is 10.3. The van der Waals surface area contributed by atoms with E-state index in [0.29, 0.717) is 6.42 Å². The van der Waals surface area contributed by atoms with Gasteiger partial charge in [0.05, 0.1) is 7.05 Å². The Labute approximate surface area is 91.0 Å². The van der Waals surface area contributed by atoms with Crippen LogP contribution in [0.15, 0.2) is 18.7 Å². The van der Waals surface area contributed by atoms with Gasteiger partial charge in [0.25, 0.3) is 0 Å². The molecule has 0 fully saturated rings. The molecule has 4 nitrogen and oxygen atoms in total. The summed E-state index contributed by atoms with van der Waals surface area (Å²) >= 11 is 0. The van der Waals surface area contributed by atoms with Gasteiger partial charge < -0.3 is 9.90 Å². The molecule has 0 spiro atoms. The van der Waals surface area contributed by atoms with Gasteiger partial charge in [-0.2, -0.15) is 0 Å². The Bertz CT molecular complexity index is 279. The minimum atomic E-state index is -0.954. The number of imidazole rings is 1. The fraction of sp³-hybridized carbons (Fsp3) is 0.636.